The maximum Gasteiger partial charge on any atom is 0.274 e. The van der Waals surface area contributed by atoms with Crippen molar-refractivity contribution in [2.45, 2.75) is 20.4 Å². The van der Waals surface area contributed by atoms with Crippen LogP contribution < -0.4 is 5.32 Å². The summed E-state index contributed by atoms with van der Waals surface area (Å²) in [5, 5.41) is 14.0. The summed E-state index contributed by atoms with van der Waals surface area (Å²) < 4.78 is 0. The van der Waals surface area contributed by atoms with Gasteiger partial charge in [0.15, 0.2) is 0 Å². The van der Waals surface area contributed by atoms with Crippen LogP contribution in [-0.4, -0.2) is 14.9 Å². The molecule has 0 radical (unpaired) electrons. The number of nitro benzene ring substituents is 1. The van der Waals surface area contributed by atoms with Gasteiger partial charge in [0.2, 0.25) is 0 Å². The molecule has 0 saturated heterocycles. The second-order valence-corrected chi connectivity index (χ2v) is 4.21. The lowest BCUT2D eigenvalue weighted by Crippen LogP contribution is -2.05. The van der Waals surface area contributed by atoms with Gasteiger partial charge in [0.1, 0.15) is 0 Å². The first-order chi connectivity index (χ1) is 9.08. The minimum Gasteiger partial charge on any atom is -0.379 e. The second kappa shape index (κ2) is 5.43. The Morgan fingerprint density at radius 3 is 2.68 bits per heavy atom. The highest BCUT2D eigenvalue weighted by molar-refractivity contribution is 5.59. The summed E-state index contributed by atoms with van der Waals surface area (Å²) in [6.07, 6.45) is 3.38. The molecule has 0 aliphatic heterocycles. The third-order valence-corrected chi connectivity index (χ3v) is 2.80. The minimum atomic E-state index is -0.383. The standard InChI is InChI=1S/C13H14N4O2/c1-9-6-15-11(7-14-9)8-16-12-4-3-5-13(10(12)2)17(18)19/h3-7,16H,8H2,1-2H3. The number of aromatic nitrogens is 2. The molecule has 0 unspecified atom stereocenters. The van der Waals surface area contributed by atoms with Crippen LogP contribution in [0, 0.1) is 24.0 Å². The van der Waals surface area contributed by atoms with Crippen molar-refractivity contribution in [2.24, 2.45) is 0 Å². The number of benzene rings is 1. The lowest BCUT2D eigenvalue weighted by molar-refractivity contribution is -0.385. The number of hydrogen-bond acceptors (Lipinski definition) is 5. The summed E-state index contributed by atoms with van der Waals surface area (Å²) in [7, 11) is 0. The van der Waals surface area contributed by atoms with Gasteiger partial charge in [-0.2, -0.15) is 0 Å². The van der Waals surface area contributed by atoms with E-state index in [2.05, 4.69) is 15.3 Å². The van der Waals surface area contributed by atoms with Gasteiger partial charge in [-0.25, -0.2) is 0 Å². The molecule has 1 aromatic carbocycles. The van der Waals surface area contributed by atoms with Crippen molar-refractivity contribution in [3.63, 3.8) is 0 Å². The van der Waals surface area contributed by atoms with Crippen molar-refractivity contribution in [1.82, 2.24) is 9.97 Å². The van der Waals surface area contributed by atoms with E-state index in [1.54, 1.807) is 25.4 Å². The number of hydrogen-bond donors (Lipinski definition) is 1. The molecular weight excluding hydrogens is 244 g/mol. The van der Waals surface area contributed by atoms with Crippen molar-refractivity contribution in [1.29, 1.82) is 0 Å². The fraction of sp³-hybridized carbons (Fsp3) is 0.231. The Bertz CT molecular complexity index is 596. The third-order valence-electron chi connectivity index (χ3n) is 2.80. The van der Waals surface area contributed by atoms with Crippen molar-refractivity contribution in [3.05, 3.63) is 57.7 Å². The molecule has 0 fully saturated rings. The highest BCUT2D eigenvalue weighted by Gasteiger charge is 2.12. The number of rotatable bonds is 4. The van der Waals surface area contributed by atoms with Crippen molar-refractivity contribution in [2.75, 3.05) is 5.32 Å². The molecule has 0 saturated carbocycles. The Labute approximate surface area is 110 Å². The molecule has 1 heterocycles. The summed E-state index contributed by atoms with van der Waals surface area (Å²) >= 11 is 0. The largest absolute Gasteiger partial charge is 0.379 e. The topological polar surface area (TPSA) is 81.0 Å². The summed E-state index contributed by atoms with van der Waals surface area (Å²) in [5.74, 6) is 0. The van der Waals surface area contributed by atoms with Gasteiger partial charge >= 0.3 is 0 Å². The molecule has 6 heteroatoms. The van der Waals surface area contributed by atoms with Crippen LogP contribution in [0.25, 0.3) is 0 Å². The maximum atomic E-state index is 10.8. The Balaban J connectivity index is 2.13. The number of anilines is 1. The molecule has 0 aliphatic carbocycles. The van der Waals surface area contributed by atoms with Crippen molar-refractivity contribution < 1.29 is 4.92 Å². The molecule has 2 rings (SSSR count). The first-order valence-corrected chi connectivity index (χ1v) is 5.83. The quantitative estimate of drug-likeness (QED) is 0.673. The molecule has 98 valence electrons. The highest BCUT2D eigenvalue weighted by atomic mass is 16.6. The van der Waals surface area contributed by atoms with Crippen LogP contribution in [0.5, 0.6) is 0 Å². The van der Waals surface area contributed by atoms with E-state index in [9.17, 15) is 10.1 Å². The predicted molar refractivity (Wildman–Crippen MR) is 71.9 cm³/mol. The smallest absolute Gasteiger partial charge is 0.274 e. The number of nitrogens with one attached hydrogen (secondary N) is 1. The number of nitro groups is 1. The Morgan fingerprint density at radius 2 is 2.05 bits per heavy atom. The van der Waals surface area contributed by atoms with E-state index in [0.717, 1.165) is 17.1 Å². The monoisotopic (exact) mass is 258 g/mol. The highest BCUT2D eigenvalue weighted by Crippen LogP contribution is 2.25. The van der Waals surface area contributed by atoms with Gasteiger partial charge < -0.3 is 5.32 Å². The van der Waals surface area contributed by atoms with E-state index < -0.39 is 0 Å². The Kier molecular flexibility index (Phi) is 3.70. The van der Waals surface area contributed by atoms with E-state index in [0.29, 0.717) is 12.1 Å². The lowest BCUT2D eigenvalue weighted by atomic mass is 10.1. The number of aryl methyl sites for hydroxylation is 1. The molecule has 0 amide bonds. The summed E-state index contributed by atoms with van der Waals surface area (Å²) in [6.45, 7) is 4.07. The summed E-state index contributed by atoms with van der Waals surface area (Å²) in [5.41, 5.74) is 3.11. The fourth-order valence-electron chi connectivity index (χ4n) is 1.71. The van der Waals surface area contributed by atoms with E-state index in [1.807, 2.05) is 13.0 Å². The predicted octanol–water partition coefficient (Wildman–Crippen LogP) is 2.61. The van der Waals surface area contributed by atoms with Gasteiger partial charge in [-0.05, 0) is 19.9 Å². The van der Waals surface area contributed by atoms with Gasteiger partial charge in [-0.1, -0.05) is 6.07 Å². The first-order valence-electron chi connectivity index (χ1n) is 5.83. The molecule has 0 atom stereocenters. The minimum absolute atomic E-state index is 0.111. The van der Waals surface area contributed by atoms with Crippen LogP contribution in [0.2, 0.25) is 0 Å². The zero-order chi connectivity index (χ0) is 13.8. The lowest BCUT2D eigenvalue weighted by Gasteiger charge is -2.09. The molecule has 0 spiro atoms. The van der Waals surface area contributed by atoms with Gasteiger partial charge in [0.05, 0.1) is 29.1 Å². The SMILES string of the molecule is Cc1cnc(CNc2cccc([N+](=O)[O-])c2C)cn1. The van der Waals surface area contributed by atoms with E-state index in [-0.39, 0.29) is 10.6 Å². The van der Waals surface area contributed by atoms with Gasteiger partial charge in [-0.3, -0.25) is 20.1 Å². The average molecular weight is 258 g/mol. The molecule has 0 bridgehead atoms. The Hall–Kier alpha value is -2.50. The maximum absolute atomic E-state index is 10.8. The van der Waals surface area contributed by atoms with Crippen LogP contribution in [0.4, 0.5) is 11.4 Å². The third kappa shape index (κ3) is 3.04. The van der Waals surface area contributed by atoms with Gasteiger partial charge in [0, 0.05) is 23.5 Å². The zero-order valence-corrected chi connectivity index (χ0v) is 10.8. The van der Waals surface area contributed by atoms with Crippen LogP contribution in [0.1, 0.15) is 17.0 Å². The molecule has 1 aromatic heterocycles. The first kappa shape index (κ1) is 12.9. The zero-order valence-electron chi connectivity index (χ0n) is 10.8. The molecular formula is C13H14N4O2. The van der Waals surface area contributed by atoms with Gasteiger partial charge in [-0.15, -0.1) is 0 Å². The van der Waals surface area contributed by atoms with Crippen LogP contribution in [-0.2, 0) is 6.54 Å². The molecule has 19 heavy (non-hydrogen) atoms. The van der Waals surface area contributed by atoms with E-state index in [4.69, 9.17) is 0 Å². The van der Waals surface area contributed by atoms with Crippen molar-refractivity contribution >= 4 is 11.4 Å². The molecule has 0 aliphatic rings. The van der Waals surface area contributed by atoms with Crippen LogP contribution >= 0.6 is 0 Å². The molecule has 2 aromatic rings. The van der Waals surface area contributed by atoms with Crippen LogP contribution in [0.15, 0.2) is 30.6 Å². The Morgan fingerprint density at radius 1 is 1.26 bits per heavy atom. The van der Waals surface area contributed by atoms with E-state index >= 15 is 0 Å². The molecule has 6 nitrogen and oxygen atoms in total. The van der Waals surface area contributed by atoms with Crippen LogP contribution in [0.3, 0.4) is 0 Å². The summed E-state index contributed by atoms with van der Waals surface area (Å²) in [6, 6.07) is 4.96. The second-order valence-electron chi connectivity index (χ2n) is 4.21. The van der Waals surface area contributed by atoms with Crippen molar-refractivity contribution in [3.8, 4) is 0 Å². The normalized spacial score (nSPS) is 10.2. The van der Waals surface area contributed by atoms with E-state index in [1.165, 1.54) is 6.07 Å². The van der Waals surface area contributed by atoms with Gasteiger partial charge in [0.25, 0.3) is 5.69 Å². The average Bonchev–Trinajstić information content (AvgIpc) is 2.39. The number of nitrogens with zero attached hydrogens (tertiary/aromatic N) is 3. The summed E-state index contributed by atoms with van der Waals surface area (Å²) in [4.78, 5) is 18.8. The fourth-order valence-corrected chi connectivity index (χ4v) is 1.71. The molecule has 1 N–H and O–H groups in total.